The van der Waals surface area contributed by atoms with Gasteiger partial charge in [-0.15, -0.1) is 0 Å². The minimum absolute atomic E-state index is 0.180. The number of nitrogens with one attached hydrogen (secondary N) is 1. The molecule has 0 aliphatic carbocycles. The average molecular weight is 308 g/mol. The molecule has 0 saturated carbocycles. The Kier molecular flexibility index (Phi) is 3.85. The summed E-state index contributed by atoms with van der Waals surface area (Å²) in [6.45, 7) is 1.83. The molecule has 0 spiro atoms. The predicted octanol–water partition coefficient (Wildman–Crippen LogP) is 3.09. The zero-order valence-corrected chi connectivity index (χ0v) is 12.6. The summed E-state index contributed by atoms with van der Waals surface area (Å²) >= 11 is 0. The van der Waals surface area contributed by atoms with E-state index in [1.807, 2.05) is 60.3 Å². The van der Waals surface area contributed by atoms with Crippen LogP contribution in [0.4, 0.5) is 0 Å². The number of aromatic nitrogens is 2. The fourth-order valence-electron chi connectivity index (χ4n) is 2.60. The van der Waals surface area contributed by atoms with Gasteiger partial charge in [-0.25, -0.2) is 4.79 Å². The van der Waals surface area contributed by atoms with Gasteiger partial charge in [0.2, 0.25) is 0 Å². The Morgan fingerprint density at radius 1 is 1.17 bits per heavy atom. The Bertz CT molecular complexity index is 891. The first-order chi connectivity index (χ1) is 11.1. The molecular weight excluding hydrogens is 292 g/mol. The standard InChI is InChI=1S/C18H16N2O3/c1-2-12-11-15(19-17(21)16(12)18(22)23)13-5-7-14(8-6-13)20-9-3-4-10-20/h3-11H,2H2,1H3,(H,19,21)(H,22,23). The monoisotopic (exact) mass is 308 g/mol. The molecule has 0 aliphatic rings. The lowest BCUT2D eigenvalue weighted by atomic mass is 10.0. The van der Waals surface area contributed by atoms with Gasteiger partial charge in [0.15, 0.2) is 0 Å². The van der Waals surface area contributed by atoms with Crippen LogP contribution in [0.5, 0.6) is 0 Å². The Morgan fingerprint density at radius 2 is 1.83 bits per heavy atom. The van der Waals surface area contributed by atoms with E-state index in [4.69, 9.17) is 5.11 Å². The SMILES string of the molecule is CCc1cc(-c2ccc(-n3cccc3)cc2)[nH]c(=O)c1C(=O)O. The van der Waals surface area contributed by atoms with Gasteiger partial charge in [0.05, 0.1) is 0 Å². The Morgan fingerprint density at radius 3 is 2.39 bits per heavy atom. The molecule has 0 bridgehead atoms. The van der Waals surface area contributed by atoms with E-state index < -0.39 is 11.5 Å². The summed E-state index contributed by atoms with van der Waals surface area (Å²) in [5, 5.41) is 9.16. The van der Waals surface area contributed by atoms with Crippen LogP contribution in [-0.4, -0.2) is 20.6 Å². The molecule has 0 amide bonds. The summed E-state index contributed by atoms with van der Waals surface area (Å²) in [5.74, 6) is -1.20. The maximum Gasteiger partial charge on any atom is 0.341 e. The van der Waals surface area contributed by atoms with E-state index in [2.05, 4.69) is 4.98 Å². The van der Waals surface area contributed by atoms with Crippen molar-refractivity contribution in [3.05, 3.63) is 76.3 Å². The second-order valence-electron chi connectivity index (χ2n) is 5.21. The highest BCUT2D eigenvalue weighted by molar-refractivity contribution is 5.89. The first-order valence-electron chi connectivity index (χ1n) is 7.33. The molecule has 3 rings (SSSR count). The van der Waals surface area contributed by atoms with E-state index in [1.165, 1.54) is 0 Å². The largest absolute Gasteiger partial charge is 0.477 e. The lowest BCUT2D eigenvalue weighted by molar-refractivity contribution is 0.0694. The van der Waals surface area contributed by atoms with Crippen LogP contribution < -0.4 is 5.56 Å². The number of carboxylic acids is 1. The Hall–Kier alpha value is -3.08. The van der Waals surface area contributed by atoms with Gasteiger partial charge in [-0.2, -0.15) is 0 Å². The number of aryl methyl sites for hydroxylation is 1. The molecule has 23 heavy (non-hydrogen) atoms. The highest BCUT2D eigenvalue weighted by Gasteiger charge is 2.15. The number of hydrogen-bond acceptors (Lipinski definition) is 2. The second kappa shape index (κ2) is 5.96. The van der Waals surface area contributed by atoms with E-state index in [1.54, 1.807) is 6.07 Å². The van der Waals surface area contributed by atoms with Crippen LogP contribution in [0.15, 0.2) is 59.7 Å². The van der Waals surface area contributed by atoms with Gasteiger partial charge in [0.25, 0.3) is 5.56 Å². The molecule has 0 aliphatic heterocycles. The van der Waals surface area contributed by atoms with Gasteiger partial charge in [-0.1, -0.05) is 19.1 Å². The third kappa shape index (κ3) is 2.81. The maximum absolute atomic E-state index is 12.0. The normalized spacial score (nSPS) is 10.7. The number of H-pyrrole nitrogens is 1. The van der Waals surface area contributed by atoms with Gasteiger partial charge in [0.1, 0.15) is 5.56 Å². The quantitative estimate of drug-likeness (QED) is 0.777. The van der Waals surface area contributed by atoms with Crippen molar-refractivity contribution in [1.82, 2.24) is 9.55 Å². The van der Waals surface area contributed by atoms with E-state index in [-0.39, 0.29) is 5.56 Å². The molecule has 0 radical (unpaired) electrons. The van der Waals surface area contributed by atoms with Gasteiger partial charge < -0.3 is 14.7 Å². The third-order valence-corrected chi connectivity index (χ3v) is 3.79. The first kappa shape index (κ1) is 14.8. The van der Waals surface area contributed by atoms with E-state index in [9.17, 15) is 9.59 Å². The number of aromatic amines is 1. The van der Waals surface area contributed by atoms with Crippen LogP contribution >= 0.6 is 0 Å². The van der Waals surface area contributed by atoms with Gasteiger partial charge in [-0.3, -0.25) is 4.79 Å². The van der Waals surface area contributed by atoms with Crippen LogP contribution in [0.1, 0.15) is 22.8 Å². The van der Waals surface area contributed by atoms with Crippen molar-refractivity contribution in [2.45, 2.75) is 13.3 Å². The number of carboxylic acid groups (broad SMARTS) is 1. The fraction of sp³-hybridized carbons (Fsp3) is 0.111. The first-order valence-corrected chi connectivity index (χ1v) is 7.33. The molecule has 2 aromatic heterocycles. The van der Waals surface area contributed by atoms with Gasteiger partial charge in [-0.05, 0) is 47.9 Å². The van der Waals surface area contributed by atoms with Crippen LogP contribution in [0.3, 0.4) is 0 Å². The molecule has 3 aromatic rings. The van der Waals surface area contributed by atoms with Crippen LogP contribution in [0, 0.1) is 0 Å². The summed E-state index contributed by atoms with van der Waals surface area (Å²) in [5.41, 5.74) is 2.26. The third-order valence-electron chi connectivity index (χ3n) is 3.79. The minimum atomic E-state index is -1.20. The summed E-state index contributed by atoms with van der Waals surface area (Å²) in [6.07, 6.45) is 4.39. The number of carbonyl (C=O) groups is 1. The zero-order chi connectivity index (χ0) is 16.4. The minimum Gasteiger partial charge on any atom is -0.477 e. The highest BCUT2D eigenvalue weighted by Crippen LogP contribution is 2.20. The predicted molar refractivity (Wildman–Crippen MR) is 88.2 cm³/mol. The number of rotatable bonds is 4. The van der Waals surface area contributed by atoms with Crippen molar-refractivity contribution in [2.75, 3.05) is 0 Å². The lowest BCUT2D eigenvalue weighted by Crippen LogP contribution is -2.20. The maximum atomic E-state index is 12.0. The summed E-state index contributed by atoms with van der Waals surface area (Å²) in [7, 11) is 0. The molecule has 2 N–H and O–H groups in total. The highest BCUT2D eigenvalue weighted by atomic mass is 16.4. The van der Waals surface area contributed by atoms with E-state index in [0.717, 1.165) is 11.3 Å². The molecule has 0 saturated heterocycles. The average Bonchev–Trinajstić information content (AvgIpc) is 3.08. The second-order valence-corrected chi connectivity index (χ2v) is 5.21. The number of nitrogens with zero attached hydrogens (tertiary/aromatic N) is 1. The van der Waals surface area contributed by atoms with Crippen LogP contribution in [0.25, 0.3) is 16.9 Å². The zero-order valence-electron chi connectivity index (χ0n) is 12.6. The summed E-state index contributed by atoms with van der Waals surface area (Å²) in [4.78, 5) is 25.9. The molecule has 0 fully saturated rings. The Balaban J connectivity index is 2.04. The fourth-order valence-corrected chi connectivity index (χ4v) is 2.60. The van der Waals surface area contributed by atoms with Crippen molar-refractivity contribution in [3.8, 4) is 16.9 Å². The van der Waals surface area contributed by atoms with Crippen molar-refractivity contribution >= 4 is 5.97 Å². The lowest BCUT2D eigenvalue weighted by Gasteiger charge is -2.09. The molecule has 1 aromatic carbocycles. The van der Waals surface area contributed by atoms with E-state index in [0.29, 0.717) is 17.7 Å². The summed E-state index contributed by atoms with van der Waals surface area (Å²) in [6, 6.07) is 13.3. The molecule has 116 valence electrons. The number of benzene rings is 1. The van der Waals surface area contributed by atoms with Crippen molar-refractivity contribution in [2.24, 2.45) is 0 Å². The van der Waals surface area contributed by atoms with Crippen molar-refractivity contribution in [3.63, 3.8) is 0 Å². The molecule has 2 heterocycles. The molecule has 0 unspecified atom stereocenters. The summed E-state index contributed by atoms with van der Waals surface area (Å²) < 4.78 is 1.98. The number of pyridine rings is 1. The van der Waals surface area contributed by atoms with Crippen LogP contribution in [0.2, 0.25) is 0 Å². The molecule has 5 heteroatoms. The van der Waals surface area contributed by atoms with E-state index >= 15 is 0 Å². The molecule has 5 nitrogen and oxygen atoms in total. The number of hydrogen-bond donors (Lipinski definition) is 2. The molecular formula is C18H16N2O3. The topological polar surface area (TPSA) is 75.1 Å². The number of aromatic carboxylic acids is 1. The smallest absolute Gasteiger partial charge is 0.341 e. The van der Waals surface area contributed by atoms with Gasteiger partial charge in [0, 0.05) is 23.8 Å². The van der Waals surface area contributed by atoms with Crippen molar-refractivity contribution < 1.29 is 9.90 Å². The Labute approximate surface area is 132 Å². The molecule has 0 atom stereocenters. The van der Waals surface area contributed by atoms with Crippen molar-refractivity contribution in [1.29, 1.82) is 0 Å². The van der Waals surface area contributed by atoms with Gasteiger partial charge >= 0.3 is 5.97 Å². The van der Waals surface area contributed by atoms with Crippen LogP contribution in [-0.2, 0) is 6.42 Å².